The van der Waals surface area contributed by atoms with Crippen LogP contribution in [0.1, 0.15) is 23.0 Å². The van der Waals surface area contributed by atoms with Crippen LogP contribution in [-0.2, 0) is 6.54 Å². The number of benzene rings is 2. The van der Waals surface area contributed by atoms with Crippen LogP contribution in [0.25, 0.3) is 22.2 Å². The number of aromatic nitrogens is 5. The van der Waals surface area contributed by atoms with E-state index < -0.39 is 0 Å². The lowest BCUT2D eigenvalue weighted by Gasteiger charge is -2.16. The molecule has 0 radical (unpaired) electrons. The number of H-pyrrole nitrogens is 1. The summed E-state index contributed by atoms with van der Waals surface area (Å²) in [5.41, 5.74) is 3.92. The highest BCUT2D eigenvalue weighted by Crippen LogP contribution is 2.26. The van der Waals surface area contributed by atoms with Crippen molar-refractivity contribution in [3.05, 3.63) is 66.0 Å². The zero-order valence-corrected chi connectivity index (χ0v) is 15.3. The van der Waals surface area contributed by atoms with E-state index in [1.54, 1.807) is 22.8 Å². The topological polar surface area (TPSA) is 79.7 Å². The first-order chi connectivity index (χ1) is 13.2. The number of nitrogens with one attached hydrogen (secondary N) is 1. The van der Waals surface area contributed by atoms with Gasteiger partial charge in [0.1, 0.15) is 5.69 Å². The van der Waals surface area contributed by atoms with Gasteiger partial charge in [0.25, 0.3) is 5.91 Å². The van der Waals surface area contributed by atoms with Crippen LogP contribution in [0.5, 0.6) is 0 Å². The molecule has 2 aromatic heterocycles. The highest BCUT2D eigenvalue weighted by molar-refractivity contribution is 5.99. The minimum Gasteiger partial charge on any atom is -0.341 e. The lowest BCUT2D eigenvalue weighted by molar-refractivity contribution is 0.0791. The molecule has 2 aromatic carbocycles. The molecule has 7 heteroatoms. The SMILES string of the molecule is CCN(C)C(=O)c1c(-c2ccc3[nH]ncc3c2)nnn1Cc1ccccc1. The van der Waals surface area contributed by atoms with Gasteiger partial charge in [0.15, 0.2) is 5.69 Å². The minimum absolute atomic E-state index is 0.0966. The summed E-state index contributed by atoms with van der Waals surface area (Å²) >= 11 is 0. The van der Waals surface area contributed by atoms with Crippen molar-refractivity contribution in [3.8, 4) is 11.3 Å². The summed E-state index contributed by atoms with van der Waals surface area (Å²) in [6, 6.07) is 15.8. The van der Waals surface area contributed by atoms with Crippen LogP contribution in [-0.4, -0.2) is 49.6 Å². The fourth-order valence-corrected chi connectivity index (χ4v) is 3.00. The third kappa shape index (κ3) is 3.19. The number of hydrogen-bond acceptors (Lipinski definition) is 4. The number of fused-ring (bicyclic) bond motifs is 1. The number of rotatable bonds is 5. The number of amides is 1. The fourth-order valence-electron chi connectivity index (χ4n) is 3.00. The average molecular weight is 360 g/mol. The van der Waals surface area contributed by atoms with Gasteiger partial charge in [-0.1, -0.05) is 41.6 Å². The van der Waals surface area contributed by atoms with Crippen molar-refractivity contribution in [2.24, 2.45) is 0 Å². The van der Waals surface area contributed by atoms with Crippen LogP contribution in [0.4, 0.5) is 0 Å². The Morgan fingerprint density at radius 1 is 1.19 bits per heavy atom. The summed E-state index contributed by atoms with van der Waals surface area (Å²) in [6.07, 6.45) is 1.76. The highest BCUT2D eigenvalue weighted by Gasteiger charge is 2.24. The molecule has 4 rings (SSSR count). The molecule has 7 nitrogen and oxygen atoms in total. The molecule has 0 aliphatic heterocycles. The lowest BCUT2D eigenvalue weighted by atomic mass is 10.1. The van der Waals surface area contributed by atoms with E-state index in [-0.39, 0.29) is 5.91 Å². The third-order valence-electron chi connectivity index (χ3n) is 4.65. The van der Waals surface area contributed by atoms with Crippen LogP contribution < -0.4 is 0 Å². The van der Waals surface area contributed by atoms with Gasteiger partial charge in [-0.2, -0.15) is 5.10 Å². The summed E-state index contributed by atoms with van der Waals surface area (Å²) in [4.78, 5) is 14.7. The van der Waals surface area contributed by atoms with Gasteiger partial charge in [-0.15, -0.1) is 5.10 Å². The van der Waals surface area contributed by atoms with E-state index in [9.17, 15) is 4.79 Å². The third-order valence-corrected chi connectivity index (χ3v) is 4.65. The minimum atomic E-state index is -0.0966. The first-order valence-corrected chi connectivity index (χ1v) is 8.83. The lowest BCUT2D eigenvalue weighted by Crippen LogP contribution is -2.29. The summed E-state index contributed by atoms with van der Waals surface area (Å²) in [7, 11) is 1.78. The molecule has 0 spiro atoms. The van der Waals surface area contributed by atoms with E-state index in [2.05, 4.69) is 20.5 Å². The molecule has 1 amide bonds. The number of aromatic amines is 1. The van der Waals surface area contributed by atoms with Crippen LogP contribution in [0.2, 0.25) is 0 Å². The summed E-state index contributed by atoms with van der Waals surface area (Å²) in [5, 5.41) is 16.6. The number of carbonyl (C=O) groups is 1. The van der Waals surface area contributed by atoms with E-state index in [0.717, 1.165) is 22.0 Å². The van der Waals surface area contributed by atoms with E-state index in [1.165, 1.54) is 0 Å². The zero-order chi connectivity index (χ0) is 18.8. The van der Waals surface area contributed by atoms with Crippen LogP contribution in [0, 0.1) is 0 Å². The Morgan fingerprint density at radius 3 is 2.78 bits per heavy atom. The van der Waals surface area contributed by atoms with Crippen molar-refractivity contribution in [2.75, 3.05) is 13.6 Å². The molecular formula is C20H20N6O. The first-order valence-electron chi connectivity index (χ1n) is 8.83. The van der Waals surface area contributed by atoms with Crippen molar-refractivity contribution in [2.45, 2.75) is 13.5 Å². The van der Waals surface area contributed by atoms with Crippen molar-refractivity contribution < 1.29 is 4.79 Å². The van der Waals surface area contributed by atoms with E-state index in [1.807, 2.05) is 55.5 Å². The number of nitrogens with zero attached hydrogens (tertiary/aromatic N) is 5. The molecule has 0 atom stereocenters. The van der Waals surface area contributed by atoms with Gasteiger partial charge in [0.2, 0.25) is 0 Å². The Hall–Kier alpha value is -3.48. The fraction of sp³-hybridized carbons (Fsp3) is 0.200. The van der Waals surface area contributed by atoms with Crippen molar-refractivity contribution in [3.63, 3.8) is 0 Å². The van der Waals surface area contributed by atoms with Gasteiger partial charge >= 0.3 is 0 Å². The van der Waals surface area contributed by atoms with Gasteiger partial charge in [-0.05, 0) is 24.6 Å². The molecule has 27 heavy (non-hydrogen) atoms. The Labute approximate surface area is 156 Å². The predicted molar refractivity (Wildman–Crippen MR) is 103 cm³/mol. The molecule has 0 aliphatic carbocycles. The van der Waals surface area contributed by atoms with Crippen LogP contribution >= 0.6 is 0 Å². The normalized spacial score (nSPS) is 11.0. The Balaban J connectivity index is 1.82. The quantitative estimate of drug-likeness (QED) is 0.593. The predicted octanol–water partition coefficient (Wildman–Crippen LogP) is 2.96. The molecule has 0 saturated carbocycles. The number of hydrogen-bond donors (Lipinski definition) is 1. The maximum atomic E-state index is 13.1. The standard InChI is InChI=1S/C20H20N6O/c1-3-25(2)20(27)19-18(15-9-10-17-16(11-15)12-21-22-17)23-24-26(19)13-14-7-5-4-6-8-14/h4-12H,3,13H2,1-2H3,(H,21,22). The maximum absolute atomic E-state index is 13.1. The van der Waals surface area contributed by atoms with E-state index in [0.29, 0.717) is 24.5 Å². The average Bonchev–Trinajstić information content (AvgIpc) is 3.33. The molecule has 136 valence electrons. The largest absolute Gasteiger partial charge is 0.341 e. The summed E-state index contributed by atoms with van der Waals surface area (Å²) in [6.45, 7) is 3.04. The van der Waals surface area contributed by atoms with Gasteiger partial charge in [-0.3, -0.25) is 9.89 Å². The second-order valence-electron chi connectivity index (χ2n) is 6.42. The van der Waals surface area contributed by atoms with Gasteiger partial charge in [0, 0.05) is 24.5 Å². The van der Waals surface area contributed by atoms with Gasteiger partial charge < -0.3 is 4.90 Å². The second kappa shape index (κ2) is 7.03. The second-order valence-corrected chi connectivity index (χ2v) is 6.42. The molecule has 0 bridgehead atoms. The molecule has 0 saturated heterocycles. The first kappa shape index (κ1) is 17.0. The molecule has 2 heterocycles. The van der Waals surface area contributed by atoms with E-state index >= 15 is 0 Å². The Bertz CT molecular complexity index is 1080. The van der Waals surface area contributed by atoms with Crippen molar-refractivity contribution in [1.82, 2.24) is 30.1 Å². The van der Waals surface area contributed by atoms with E-state index in [4.69, 9.17) is 0 Å². The molecular weight excluding hydrogens is 340 g/mol. The Morgan fingerprint density at radius 2 is 2.00 bits per heavy atom. The maximum Gasteiger partial charge on any atom is 0.274 e. The van der Waals surface area contributed by atoms with Crippen LogP contribution in [0.3, 0.4) is 0 Å². The van der Waals surface area contributed by atoms with Crippen molar-refractivity contribution in [1.29, 1.82) is 0 Å². The molecule has 4 aromatic rings. The summed E-state index contributed by atoms with van der Waals surface area (Å²) in [5.74, 6) is -0.0966. The Kier molecular flexibility index (Phi) is 4.42. The summed E-state index contributed by atoms with van der Waals surface area (Å²) < 4.78 is 1.68. The van der Waals surface area contributed by atoms with Crippen molar-refractivity contribution >= 4 is 16.8 Å². The molecule has 0 aliphatic rings. The molecule has 0 unspecified atom stereocenters. The monoisotopic (exact) mass is 360 g/mol. The van der Waals surface area contributed by atoms with Gasteiger partial charge in [-0.25, -0.2) is 4.68 Å². The molecule has 1 N–H and O–H groups in total. The zero-order valence-electron chi connectivity index (χ0n) is 15.3. The highest BCUT2D eigenvalue weighted by atomic mass is 16.2. The van der Waals surface area contributed by atoms with Gasteiger partial charge in [0.05, 0.1) is 18.3 Å². The van der Waals surface area contributed by atoms with Crippen LogP contribution in [0.15, 0.2) is 54.7 Å². The smallest absolute Gasteiger partial charge is 0.274 e. The number of carbonyl (C=O) groups excluding carboxylic acids is 1. The molecule has 0 fully saturated rings.